The van der Waals surface area contributed by atoms with Crippen LogP contribution in [0.1, 0.15) is 26.7 Å². The second kappa shape index (κ2) is 4.77. The minimum absolute atomic E-state index is 0.334. The predicted molar refractivity (Wildman–Crippen MR) is 71.2 cm³/mol. The highest BCUT2D eigenvalue weighted by molar-refractivity contribution is 5.53. The van der Waals surface area contributed by atoms with Gasteiger partial charge in [-0.3, -0.25) is 0 Å². The minimum Gasteiger partial charge on any atom is -0.373 e. The fourth-order valence-corrected chi connectivity index (χ4v) is 2.50. The summed E-state index contributed by atoms with van der Waals surface area (Å²) >= 11 is 0. The Hall–Kier alpha value is -1.52. The Balaban J connectivity index is 2.29. The third-order valence-electron chi connectivity index (χ3n) is 3.35. The number of nitrogens with zero attached hydrogens (tertiary/aromatic N) is 3. The molecule has 0 aromatic carbocycles. The van der Waals surface area contributed by atoms with Gasteiger partial charge in [0.2, 0.25) is 5.95 Å². The van der Waals surface area contributed by atoms with E-state index in [2.05, 4.69) is 34.0 Å². The van der Waals surface area contributed by atoms with Crippen LogP contribution in [0, 0.1) is 5.92 Å². The van der Waals surface area contributed by atoms with Crippen molar-refractivity contribution in [3.63, 3.8) is 0 Å². The Morgan fingerprint density at radius 2 is 2.24 bits per heavy atom. The second-order valence-corrected chi connectivity index (χ2v) is 4.87. The highest BCUT2D eigenvalue weighted by Crippen LogP contribution is 2.29. The summed E-state index contributed by atoms with van der Waals surface area (Å²) in [6.07, 6.45) is 2.46. The van der Waals surface area contributed by atoms with Gasteiger partial charge < -0.3 is 16.0 Å². The van der Waals surface area contributed by atoms with Gasteiger partial charge in [0.1, 0.15) is 11.6 Å². The van der Waals surface area contributed by atoms with Crippen molar-refractivity contribution < 1.29 is 0 Å². The molecule has 0 saturated carbocycles. The molecule has 3 N–H and O–H groups in total. The van der Waals surface area contributed by atoms with Crippen LogP contribution in [0.5, 0.6) is 0 Å². The molecule has 0 bridgehead atoms. The lowest BCUT2D eigenvalue weighted by atomic mass is 10.0. The van der Waals surface area contributed by atoms with Gasteiger partial charge in [0.05, 0.1) is 0 Å². The molecular weight excluding hydrogens is 214 g/mol. The fraction of sp³-hybridized carbons (Fsp3) is 0.667. The van der Waals surface area contributed by atoms with Gasteiger partial charge in [-0.05, 0) is 18.8 Å². The first kappa shape index (κ1) is 12.0. The molecule has 1 unspecified atom stereocenters. The maximum Gasteiger partial charge on any atom is 0.223 e. The van der Waals surface area contributed by atoms with Crippen LogP contribution in [0.15, 0.2) is 6.07 Å². The van der Waals surface area contributed by atoms with E-state index in [0.717, 1.165) is 18.2 Å². The average molecular weight is 235 g/mol. The van der Waals surface area contributed by atoms with Gasteiger partial charge in [-0.2, -0.15) is 9.97 Å². The van der Waals surface area contributed by atoms with E-state index < -0.39 is 0 Å². The van der Waals surface area contributed by atoms with Crippen LogP contribution in [0.4, 0.5) is 17.6 Å². The largest absolute Gasteiger partial charge is 0.373 e. The first-order valence-electron chi connectivity index (χ1n) is 6.20. The molecular formula is C12H21N5. The molecule has 94 valence electrons. The van der Waals surface area contributed by atoms with Crippen molar-refractivity contribution in [2.75, 3.05) is 29.5 Å². The lowest BCUT2D eigenvalue weighted by molar-refractivity contribution is 0.489. The highest BCUT2D eigenvalue weighted by atomic mass is 15.3. The Labute approximate surface area is 102 Å². The van der Waals surface area contributed by atoms with E-state index in [1.807, 2.05) is 13.1 Å². The van der Waals surface area contributed by atoms with Gasteiger partial charge in [0, 0.05) is 25.7 Å². The standard InChI is InChI=1S/C12H21N5/c1-8(2)9-5-4-6-17(9)11-7-10(14-3)15-12(13)16-11/h7-9H,4-6H2,1-3H3,(H3,13,14,15,16). The topological polar surface area (TPSA) is 67.1 Å². The maximum atomic E-state index is 5.74. The van der Waals surface area contributed by atoms with Gasteiger partial charge in [0.25, 0.3) is 0 Å². The van der Waals surface area contributed by atoms with E-state index in [4.69, 9.17) is 5.73 Å². The summed E-state index contributed by atoms with van der Waals surface area (Å²) in [5.74, 6) is 2.69. The van der Waals surface area contributed by atoms with Crippen LogP contribution in [-0.4, -0.2) is 29.6 Å². The Morgan fingerprint density at radius 3 is 2.88 bits per heavy atom. The number of nitrogen functional groups attached to an aromatic ring is 1. The maximum absolute atomic E-state index is 5.74. The van der Waals surface area contributed by atoms with Crippen LogP contribution in [0.2, 0.25) is 0 Å². The van der Waals surface area contributed by atoms with Crippen LogP contribution in [0.3, 0.4) is 0 Å². The van der Waals surface area contributed by atoms with E-state index in [0.29, 0.717) is 17.9 Å². The van der Waals surface area contributed by atoms with Crippen molar-refractivity contribution in [1.29, 1.82) is 0 Å². The molecule has 5 nitrogen and oxygen atoms in total. The zero-order chi connectivity index (χ0) is 12.4. The van der Waals surface area contributed by atoms with Crippen molar-refractivity contribution in [1.82, 2.24) is 9.97 Å². The van der Waals surface area contributed by atoms with Crippen LogP contribution >= 0.6 is 0 Å². The molecule has 0 spiro atoms. The molecule has 2 rings (SSSR count). The van der Waals surface area contributed by atoms with Crippen molar-refractivity contribution in [3.05, 3.63) is 6.07 Å². The lowest BCUT2D eigenvalue weighted by Gasteiger charge is -2.28. The van der Waals surface area contributed by atoms with E-state index in [1.165, 1.54) is 12.8 Å². The molecule has 1 aromatic rings. The number of nitrogens with two attached hydrogens (primary N) is 1. The predicted octanol–water partition coefficient (Wildman–Crippen LogP) is 1.73. The molecule has 1 aromatic heterocycles. The summed E-state index contributed by atoms with van der Waals surface area (Å²) in [5.41, 5.74) is 5.74. The number of hydrogen-bond acceptors (Lipinski definition) is 5. The zero-order valence-corrected chi connectivity index (χ0v) is 10.8. The molecule has 1 aliphatic rings. The molecule has 0 radical (unpaired) electrons. The minimum atomic E-state index is 0.334. The third kappa shape index (κ3) is 2.43. The highest BCUT2D eigenvalue weighted by Gasteiger charge is 2.28. The second-order valence-electron chi connectivity index (χ2n) is 4.87. The molecule has 0 aliphatic carbocycles. The molecule has 17 heavy (non-hydrogen) atoms. The van der Waals surface area contributed by atoms with E-state index in [1.54, 1.807) is 0 Å². The van der Waals surface area contributed by atoms with Crippen molar-refractivity contribution in [2.45, 2.75) is 32.7 Å². The van der Waals surface area contributed by atoms with Crippen molar-refractivity contribution >= 4 is 17.6 Å². The molecule has 1 fully saturated rings. The smallest absolute Gasteiger partial charge is 0.223 e. The van der Waals surface area contributed by atoms with E-state index in [-0.39, 0.29) is 0 Å². The first-order valence-corrected chi connectivity index (χ1v) is 6.20. The summed E-state index contributed by atoms with van der Waals surface area (Å²) < 4.78 is 0. The number of hydrogen-bond donors (Lipinski definition) is 2. The van der Waals surface area contributed by atoms with Gasteiger partial charge in [-0.1, -0.05) is 13.8 Å². The monoisotopic (exact) mass is 235 g/mol. The van der Waals surface area contributed by atoms with Crippen molar-refractivity contribution in [3.8, 4) is 0 Å². The summed E-state index contributed by atoms with van der Waals surface area (Å²) in [6.45, 7) is 5.57. The Kier molecular flexibility index (Phi) is 3.36. The molecule has 1 saturated heterocycles. The SMILES string of the molecule is CNc1cc(N2CCCC2C(C)C)nc(N)n1. The quantitative estimate of drug-likeness (QED) is 0.835. The number of anilines is 3. The molecule has 0 amide bonds. The van der Waals surface area contributed by atoms with Gasteiger partial charge in [0.15, 0.2) is 0 Å². The first-order chi connectivity index (χ1) is 8.11. The Morgan fingerprint density at radius 1 is 1.47 bits per heavy atom. The molecule has 5 heteroatoms. The Bertz CT molecular complexity index is 390. The van der Waals surface area contributed by atoms with Crippen molar-refractivity contribution in [2.24, 2.45) is 5.92 Å². The summed E-state index contributed by atoms with van der Waals surface area (Å²) in [6, 6.07) is 2.53. The molecule has 1 atom stereocenters. The van der Waals surface area contributed by atoms with Crippen LogP contribution in [0.25, 0.3) is 0 Å². The van der Waals surface area contributed by atoms with Gasteiger partial charge in [-0.25, -0.2) is 0 Å². The van der Waals surface area contributed by atoms with Crippen LogP contribution in [-0.2, 0) is 0 Å². The summed E-state index contributed by atoms with van der Waals surface area (Å²) in [7, 11) is 1.84. The summed E-state index contributed by atoms with van der Waals surface area (Å²) in [4.78, 5) is 10.8. The summed E-state index contributed by atoms with van der Waals surface area (Å²) in [5, 5.41) is 3.02. The van der Waals surface area contributed by atoms with Gasteiger partial charge in [-0.15, -0.1) is 0 Å². The normalized spacial score (nSPS) is 20.0. The number of rotatable bonds is 3. The van der Waals surface area contributed by atoms with Crippen LogP contribution < -0.4 is 16.0 Å². The number of aromatic nitrogens is 2. The zero-order valence-electron chi connectivity index (χ0n) is 10.8. The van der Waals surface area contributed by atoms with Gasteiger partial charge >= 0.3 is 0 Å². The van der Waals surface area contributed by atoms with E-state index in [9.17, 15) is 0 Å². The molecule has 2 heterocycles. The van der Waals surface area contributed by atoms with E-state index >= 15 is 0 Å². The lowest BCUT2D eigenvalue weighted by Crippen LogP contribution is -2.34. The third-order valence-corrected chi connectivity index (χ3v) is 3.35. The molecule has 1 aliphatic heterocycles. The number of nitrogens with one attached hydrogen (secondary N) is 1. The fourth-order valence-electron chi connectivity index (χ4n) is 2.50. The average Bonchev–Trinajstić information content (AvgIpc) is 2.77.